The average molecular weight is 323 g/mol. The van der Waals surface area contributed by atoms with Gasteiger partial charge in [0, 0.05) is 22.8 Å². The fourth-order valence-corrected chi connectivity index (χ4v) is 5.56. The number of hydrogen-bond donors (Lipinski definition) is 1. The Morgan fingerprint density at radius 3 is 2.67 bits per heavy atom. The van der Waals surface area contributed by atoms with Crippen molar-refractivity contribution in [3.63, 3.8) is 0 Å². The zero-order chi connectivity index (χ0) is 15.0. The Morgan fingerprint density at radius 2 is 2.00 bits per heavy atom. The van der Waals surface area contributed by atoms with Crippen LogP contribution < -0.4 is 0 Å². The Morgan fingerprint density at radius 1 is 1.29 bits per heavy atom. The maximum absolute atomic E-state index is 12.8. The first-order valence-corrected chi connectivity index (χ1v) is 9.05. The molecule has 0 radical (unpaired) electrons. The minimum absolute atomic E-state index is 0.121. The summed E-state index contributed by atoms with van der Waals surface area (Å²) in [6, 6.07) is 9.56. The molecule has 0 aliphatic carbocycles. The van der Waals surface area contributed by atoms with Gasteiger partial charge >= 0.3 is 0 Å². The van der Waals surface area contributed by atoms with Crippen molar-refractivity contribution in [2.75, 3.05) is 6.54 Å². The number of thiophene rings is 1. The van der Waals surface area contributed by atoms with Crippen LogP contribution in [0.15, 0.2) is 35.2 Å². The van der Waals surface area contributed by atoms with Gasteiger partial charge in [-0.2, -0.15) is 4.31 Å². The second-order valence-corrected chi connectivity index (χ2v) is 8.40. The van der Waals surface area contributed by atoms with Crippen molar-refractivity contribution >= 4 is 21.4 Å². The molecule has 0 amide bonds. The van der Waals surface area contributed by atoms with Crippen molar-refractivity contribution in [3.05, 3.63) is 51.2 Å². The van der Waals surface area contributed by atoms with Gasteiger partial charge in [0.05, 0.1) is 11.5 Å². The van der Waals surface area contributed by atoms with Gasteiger partial charge in [-0.05, 0) is 30.5 Å². The van der Waals surface area contributed by atoms with Crippen LogP contribution in [0.2, 0.25) is 0 Å². The molecule has 0 atom stereocenters. The summed E-state index contributed by atoms with van der Waals surface area (Å²) >= 11 is 1.34. The Balaban J connectivity index is 1.95. The lowest BCUT2D eigenvalue weighted by atomic mass is 10.0. The highest BCUT2D eigenvalue weighted by molar-refractivity contribution is 7.89. The molecule has 1 aliphatic rings. The molecule has 2 aromatic rings. The van der Waals surface area contributed by atoms with Gasteiger partial charge in [0.1, 0.15) is 0 Å². The molecule has 0 fully saturated rings. The molecule has 1 aromatic heterocycles. The quantitative estimate of drug-likeness (QED) is 0.943. The Hall–Kier alpha value is -1.21. The second-order valence-electron chi connectivity index (χ2n) is 5.15. The molecule has 2 heterocycles. The predicted molar refractivity (Wildman–Crippen MR) is 82.7 cm³/mol. The predicted octanol–water partition coefficient (Wildman–Crippen LogP) is 2.30. The summed E-state index contributed by atoms with van der Waals surface area (Å²) in [5.74, 6) is 0. The molecule has 0 spiro atoms. The van der Waals surface area contributed by atoms with Crippen LogP contribution in [-0.2, 0) is 29.6 Å². The smallest absolute Gasteiger partial charge is 0.244 e. The van der Waals surface area contributed by atoms with Crippen molar-refractivity contribution in [2.24, 2.45) is 0 Å². The van der Waals surface area contributed by atoms with Crippen molar-refractivity contribution in [1.82, 2.24) is 4.31 Å². The zero-order valence-electron chi connectivity index (χ0n) is 11.7. The number of aliphatic hydroxyl groups is 1. The molecule has 0 bridgehead atoms. The summed E-state index contributed by atoms with van der Waals surface area (Å²) < 4.78 is 27.1. The van der Waals surface area contributed by atoms with Crippen LogP contribution in [0, 0.1) is 6.92 Å². The molecule has 1 aliphatic heterocycles. The second kappa shape index (κ2) is 5.53. The summed E-state index contributed by atoms with van der Waals surface area (Å²) in [7, 11) is -3.49. The minimum atomic E-state index is -3.49. The van der Waals surface area contributed by atoms with E-state index in [2.05, 4.69) is 6.07 Å². The maximum Gasteiger partial charge on any atom is 0.244 e. The number of nitrogens with zero attached hydrogens (tertiary/aromatic N) is 1. The highest BCUT2D eigenvalue weighted by Crippen LogP contribution is 2.31. The number of aliphatic hydroxyl groups excluding tert-OH is 1. The number of hydrogen-bond acceptors (Lipinski definition) is 4. The zero-order valence-corrected chi connectivity index (χ0v) is 13.4. The van der Waals surface area contributed by atoms with Gasteiger partial charge in [-0.3, -0.25) is 0 Å². The van der Waals surface area contributed by atoms with E-state index in [0.29, 0.717) is 22.9 Å². The third kappa shape index (κ3) is 2.64. The van der Waals surface area contributed by atoms with Gasteiger partial charge in [-0.25, -0.2) is 8.42 Å². The van der Waals surface area contributed by atoms with E-state index >= 15 is 0 Å². The van der Waals surface area contributed by atoms with Crippen LogP contribution in [0.25, 0.3) is 0 Å². The van der Waals surface area contributed by atoms with E-state index in [9.17, 15) is 13.5 Å². The van der Waals surface area contributed by atoms with Crippen LogP contribution in [0.4, 0.5) is 0 Å². The van der Waals surface area contributed by atoms with Gasteiger partial charge in [0.25, 0.3) is 0 Å². The Kier molecular flexibility index (Phi) is 3.88. The minimum Gasteiger partial charge on any atom is -0.391 e. The summed E-state index contributed by atoms with van der Waals surface area (Å²) in [6.45, 7) is 2.59. The van der Waals surface area contributed by atoms with Crippen LogP contribution >= 0.6 is 11.3 Å². The topological polar surface area (TPSA) is 57.6 Å². The lowest BCUT2D eigenvalue weighted by molar-refractivity contribution is 0.285. The molecule has 21 heavy (non-hydrogen) atoms. The van der Waals surface area contributed by atoms with E-state index in [1.807, 2.05) is 18.2 Å². The van der Waals surface area contributed by atoms with Crippen LogP contribution in [0.5, 0.6) is 0 Å². The normalized spacial score (nSPS) is 15.9. The first kappa shape index (κ1) is 14.7. The highest BCUT2D eigenvalue weighted by Gasteiger charge is 2.30. The molecule has 0 saturated heterocycles. The molecule has 0 saturated carbocycles. The SMILES string of the molecule is Cc1sc(CO)cc1S(=O)(=O)N1CCc2ccccc2C1. The first-order valence-electron chi connectivity index (χ1n) is 6.79. The van der Waals surface area contributed by atoms with E-state index < -0.39 is 10.0 Å². The van der Waals surface area contributed by atoms with Crippen molar-refractivity contribution in [2.45, 2.75) is 31.4 Å². The van der Waals surface area contributed by atoms with E-state index in [4.69, 9.17) is 0 Å². The first-order chi connectivity index (χ1) is 10.0. The van der Waals surface area contributed by atoms with Crippen LogP contribution in [0.3, 0.4) is 0 Å². The fourth-order valence-electron chi connectivity index (χ4n) is 2.67. The highest BCUT2D eigenvalue weighted by atomic mass is 32.2. The molecule has 4 nitrogen and oxygen atoms in total. The Bertz CT molecular complexity index is 765. The molecule has 0 unspecified atom stereocenters. The molecule has 1 N–H and O–H groups in total. The standard InChI is InChI=1S/C15H17NO3S2/c1-11-15(8-14(10-17)20-11)21(18,19)16-7-6-12-4-2-3-5-13(12)9-16/h2-5,8,17H,6-7,9-10H2,1H3. The molecule has 6 heteroatoms. The molecular weight excluding hydrogens is 306 g/mol. The van der Waals surface area contributed by atoms with E-state index in [1.165, 1.54) is 21.2 Å². The lowest BCUT2D eigenvalue weighted by Gasteiger charge is -2.28. The maximum atomic E-state index is 12.8. The van der Waals surface area contributed by atoms with Crippen LogP contribution in [0.1, 0.15) is 20.9 Å². The number of fused-ring (bicyclic) bond motifs is 1. The Labute approximate surface area is 128 Å². The third-order valence-corrected chi connectivity index (χ3v) is 6.93. The lowest BCUT2D eigenvalue weighted by Crippen LogP contribution is -2.36. The summed E-state index contributed by atoms with van der Waals surface area (Å²) in [5.41, 5.74) is 2.30. The van der Waals surface area contributed by atoms with E-state index in [1.54, 1.807) is 13.0 Å². The van der Waals surface area contributed by atoms with Gasteiger partial charge < -0.3 is 5.11 Å². The molecule has 3 rings (SSSR count). The monoisotopic (exact) mass is 323 g/mol. The van der Waals surface area contributed by atoms with Gasteiger partial charge in [-0.15, -0.1) is 11.3 Å². The number of sulfonamides is 1. The number of aryl methyl sites for hydroxylation is 1. The third-order valence-electron chi connectivity index (χ3n) is 3.79. The molecule has 1 aromatic carbocycles. The molecular formula is C15H17NO3S2. The van der Waals surface area contributed by atoms with Crippen molar-refractivity contribution in [1.29, 1.82) is 0 Å². The van der Waals surface area contributed by atoms with E-state index in [0.717, 1.165) is 16.9 Å². The van der Waals surface area contributed by atoms with Crippen molar-refractivity contribution < 1.29 is 13.5 Å². The van der Waals surface area contributed by atoms with Gasteiger partial charge in [0.15, 0.2) is 0 Å². The van der Waals surface area contributed by atoms with E-state index in [-0.39, 0.29) is 6.61 Å². The number of benzene rings is 1. The van der Waals surface area contributed by atoms with Gasteiger partial charge in [-0.1, -0.05) is 24.3 Å². The van der Waals surface area contributed by atoms with Crippen LogP contribution in [-0.4, -0.2) is 24.4 Å². The summed E-state index contributed by atoms with van der Waals surface area (Å²) in [5, 5.41) is 9.18. The van der Waals surface area contributed by atoms with Crippen molar-refractivity contribution in [3.8, 4) is 0 Å². The summed E-state index contributed by atoms with van der Waals surface area (Å²) in [4.78, 5) is 1.75. The molecule has 112 valence electrons. The number of rotatable bonds is 3. The average Bonchev–Trinajstić information content (AvgIpc) is 2.88. The largest absolute Gasteiger partial charge is 0.391 e. The fraction of sp³-hybridized carbons (Fsp3) is 0.333. The summed E-state index contributed by atoms with van der Waals surface area (Å²) in [6.07, 6.45) is 0.742. The van der Waals surface area contributed by atoms with Gasteiger partial charge in [0.2, 0.25) is 10.0 Å².